The first-order valence-corrected chi connectivity index (χ1v) is 8.35. The van der Waals surface area contributed by atoms with Crippen molar-refractivity contribution in [3.05, 3.63) is 29.3 Å². The van der Waals surface area contributed by atoms with Crippen molar-refractivity contribution in [2.45, 2.75) is 44.8 Å². The van der Waals surface area contributed by atoms with Crippen molar-refractivity contribution in [2.75, 3.05) is 13.2 Å². The standard InChI is InChI=1S/C16H22N2OS/c1-12(17-10-11-19-13-6-2-3-7-13)16-18-14-8-4-5-9-15(14)20-16/h4-5,8-9,12-13,17H,2-3,6-7,10-11H2,1H3. The zero-order chi connectivity index (χ0) is 13.8. The average Bonchev–Trinajstić information content (AvgIpc) is 3.12. The highest BCUT2D eigenvalue weighted by Crippen LogP contribution is 2.26. The first kappa shape index (κ1) is 14.0. The minimum Gasteiger partial charge on any atom is -0.377 e. The van der Waals surface area contributed by atoms with Gasteiger partial charge in [-0.05, 0) is 31.9 Å². The van der Waals surface area contributed by atoms with Gasteiger partial charge in [0.2, 0.25) is 0 Å². The second-order valence-electron chi connectivity index (χ2n) is 5.47. The summed E-state index contributed by atoms with van der Waals surface area (Å²) in [5.74, 6) is 0. The minimum absolute atomic E-state index is 0.291. The first-order chi connectivity index (χ1) is 9.83. The molecule has 1 fully saturated rings. The molecule has 3 rings (SSSR count). The fourth-order valence-electron chi connectivity index (χ4n) is 2.72. The van der Waals surface area contributed by atoms with E-state index in [1.165, 1.54) is 30.4 Å². The van der Waals surface area contributed by atoms with Crippen molar-refractivity contribution in [3.63, 3.8) is 0 Å². The predicted octanol–water partition coefficient (Wildman–Crippen LogP) is 3.91. The van der Waals surface area contributed by atoms with Gasteiger partial charge in [0.1, 0.15) is 5.01 Å². The van der Waals surface area contributed by atoms with Gasteiger partial charge < -0.3 is 10.1 Å². The van der Waals surface area contributed by atoms with E-state index in [1.807, 2.05) is 6.07 Å². The van der Waals surface area contributed by atoms with Gasteiger partial charge in [-0.25, -0.2) is 4.98 Å². The van der Waals surface area contributed by atoms with E-state index in [2.05, 4.69) is 35.4 Å². The molecule has 1 heterocycles. The molecular weight excluding hydrogens is 268 g/mol. The highest BCUT2D eigenvalue weighted by atomic mass is 32.1. The third kappa shape index (κ3) is 3.37. The summed E-state index contributed by atoms with van der Waals surface area (Å²) in [6, 6.07) is 8.61. The summed E-state index contributed by atoms with van der Waals surface area (Å²) in [6.45, 7) is 3.88. The number of ether oxygens (including phenoxy) is 1. The number of fused-ring (bicyclic) bond motifs is 1. The first-order valence-electron chi connectivity index (χ1n) is 7.53. The second-order valence-corrected chi connectivity index (χ2v) is 6.54. The van der Waals surface area contributed by atoms with Crippen LogP contribution in [0.15, 0.2) is 24.3 Å². The summed E-state index contributed by atoms with van der Waals surface area (Å²) in [7, 11) is 0. The van der Waals surface area contributed by atoms with Crippen molar-refractivity contribution in [2.24, 2.45) is 0 Å². The summed E-state index contributed by atoms with van der Waals surface area (Å²) in [6.07, 6.45) is 5.66. The summed E-state index contributed by atoms with van der Waals surface area (Å²) in [5, 5.41) is 4.67. The average molecular weight is 290 g/mol. The van der Waals surface area contributed by atoms with Crippen LogP contribution in [-0.2, 0) is 4.74 Å². The van der Waals surface area contributed by atoms with E-state index in [-0.39, 0.29) is 0 Å². The van der Waals surface area contributed by atoms with Crippen LogP contribution < -0.4 is 5.32 Å². The Morgan fingerprint density at radius 3 is 2.95 bits per heavy atom. The van der Waals surface area contributed by atoms with Crippen LogP contribution in [0.4, 0.5) is 0 Å². The molecule has 0 aliphatic heterocycles. The number of thiazole rings is 1. The van der Waals surface area contributed by atoms with Crippen LogP contribution in [-0.4, -0.2) is 24.2 Å². The molecule has 20 heavy (non-hydrogen) atoms. The van der Waals surface area contributed by atoms with Gasteiger partial charge in [-0.1, -0.05) is 25.0 Å². The molecule has 1 aromatic carbocycles. The molecule has 1 atom stereocenters. The fraction of sp³-hybridized carbons (Fsp3) is 0.562. The van der Waals surface area contributed by atoms with Gasteiger partial charge in [0.15, 0.2) is 0 Å². The van der Waals surface area contributed by atoms with Gasteiger partial charge in [0, 0.05) is 6.54 Å². The topological polar surface area (TPSA) is 34.1 Å². The van der Waals surface area contributed by atoms with Crippen LogP contribution in [0.3, 0.4) is 0 Å². The predicted molar refractivity (Wildman–Crippen MR) is 84.2 cm³/mol. The summed E-state index contributed by atoms with van der Waals surface area (Å²) in [4.78, 5) is 4.68. The summed E-state index contributed by atoms with van der Waals surface area (Å²) >= 11 is 1.77. The number of hydrogen-bond acceptors (Lipinski definition) is 4. The van der Waals surface area contributed by atoms with E-state index < -0.39 is 0 Å². The van der Waals surface area contributed by atoms with Gasteiger partial charge in [-0.15, -0.1) is 11.3 Å². The normalized spacial score (nSPS) is 17.9. The molecule has 0 spiro atoms. The number of benzene rings is 1. The summed E-state index contributed by atoms with van der Waals surface area (Å²) < 4.78 is 7.13. The van der Waals surface area contributed by atoms with E-state index in [0.29, 0.717) is 12.1 Å². The van der Waals surface area contributed by atoms with Gasteiger partial charge in [-0.2, -0.15) is 0 Å². The largest absolute Gasteiger partial charge is 0.377 e. The SMILES string of the molecule is CC(NCCOC1CCCC1)c1nc2ccccc2s1. The Morgan fingerprint density at radius 2 is 2.15 bits per heavy atom. The Labute approximate surface area is 124 Å². The smallest absolute Gasteiger partial charge is 0.111 e. The molecule has 1 aromatic heterocycles. The van der Waals surface area contributed by atoms with Gasteiger partial charge in [-0.3, -0.25) is 0 Å². The number of nitrogens with zero attached hydrogens (tertiary/aromatic N) is 1. The van der Waals surface area contributed by atoms with Crippen molar-refractivity contribution >= 4 is 21.6 Å². The van der Waals surface area contributed by atoms with Crippen LogP contribution >= 0.6 is 11.3 Å². The highest BCUT2D eigenvalue weighted by Gasteiger charge is 2.15. The molecular formula is C16H22N2OS. The molecule has 1 unspecified atom stereocenters. The van der Waals surface area contributed by atoms with Gasteiger partial charge in [0.25, 0.3) is 0 Å². The number of hydrogen-bond donors (Lipinski definition) is 1. The van der Waals surface area contributed by atoms with E-state index in [0.717, 1.165) is 23.7 Å². The number of nitrogens with one attached hydrogen (secondary N) is 1. The third-order valence-corrected chi connectivity index (χ3v) is 5.11. The van der Waals surface area contributed by atoms with E-state index in [1.54, 1.807) is 11.3 Å². The van der Waals surface area contributed by atoms with Crippen molar-refractivity contribution in [1.82, 2.24) is 10.3 Å². The monoisotopic (exact) mass is 290 g/mol. The van der Waals surface area contributed by atoms with Crippen LogP contribution in [0, 0.1) is 0 Å². The minimum atomic E-state index is 0.291. The molecule has 0 bridgehead atoms. The Balaban J connectivity index is 1.47. The highest BCUT2D eigenvalue weighted by molar-refractivity contribution is 7.18. The maximum Gasteiger partial charge on any atom is 0.111 e. The third-order valence-electron chi connectivity index (χ3n) is 3.89. The van der Waals surface area contributed by atoms with Gasteiger partial charge in [0.05, 0.1) is 29.0 Å². The van der Waals surface area contributed by atoms with Crippen LogP contribution in [0.5, 0.6) is 0 Å². The maximum absolute atomic E-state index is 5.87. The molecule has 4 heteroatoms. The number of rotatable bonds is 6. The molecule has 1 saturated carbocycles. The van der Waals surface area contributed by atoms with Crippen LogP contribution in [0.1, 0.15) is 43.7 Å². The zero-order valence-corrected chi connectivity index (χ0v) is 12.8. The van der Waals surface area contributed by atoms with E-state index in [9.17, 15) is 0 Å². The lowest BCUT2D eigenvalue weighted by molar-refractivity contribution is 0.0593. The molecule has 1 aliphatic rings. The molecule has 108 valence electrons. The van der Waals surface area contributed by atoms with Crippen molar-refractivity contribution in [3.8, 4) is 0 Å². The Hall–Kier alpha value is -0.970. The van der Waals surface area contributed by atoms with Crippen LogP contribution in [0.2, 0.25) is 0 Å². The van der Waals surface area contributed by atoms with Gasteiger partial charge >= 0.3 is 0 Å². The molecule has 0 saturated heterocycles. The van der Waals surface area contributed by atoms with E-state index >= 15 is 0 Å². The van der Waals surface area contributed by atoms with E-state index in [4.69, 9.17) is 4.74 Å². The lowest BCUT2D eigenvalue weighted by Crippen LogP contribution is -2.24. The molecule has 0 amide bonds. The Bertz CT molecular complexity index is 515. The quantitative estimate of drug-likeness (QED) is 0.819. The molecule has 1 N–H and O–H groups in total. The van der Waals surface area contributed by atoms with Crippen molar-refractivity contribution < 1.29 is 4.74 Å². The molecule has 1 aliphatic carbocycles. The maximum atomic E-state index is 5.87. The number of para-hydroxylation sites is 1. The lowest BCUT2D eigenvalue weighted by Gasteiger charge is -2.14. The number of aromatic nitrogens is 1. The Kier molecular flexibility index (Phi) is 4.65. The molecule has 2 aromatic rings. The molecule has 3 nitrogen and oxygen atoms in total. The second kappa shape index (κ2) is 6.66. The lowest BCUT2D eigenvalue weighted by atomic mass is 10.3. The van der Waals surface area contributed by atoms with Crippen molar-refractivity contribution in [1.29, 1.82) is 0 Å². The Morgan fingerprint density at radius 1 is 1.35 bits per heavy atom. The fourth-order valence-corrected chi connectivity index (χ4v) is 3.71. The van der Waals surface area contributed by atoms with Crippen LogP contribution in [0.25, 0.3) is 10.2 Å². The zero-order valence-electron chi connectivity index (χ0n) is 12.0. The molecule has 0 radical (unpaired) electrons. The summed E-state index contributed by atoms with van der Waals surface area (Å²) in [5.41, 5.74) is 1.10.